The number of hydrogen-bond donors (Lipinski definition) is 0. The van der Waals surface area contributed by atoms with Gasteiger partial charge in [-0.25, -0.2) is 4.39 Å². The number of rotatable bonds is 10. The molecule has 0 saturated carbocycles. The van der Waals surface area contributed by atoms with Crippen molar-refractivity contribution in [1.82, 2.24) is 0 Å². The zero-order chi connectivity index (χ0) is 30.2. The first-order chi connectivity index (χ1) is 15.1. The zero-order valence-corrected chi connectivity index (χ0v) is 15.1. The van der Waals surface area contributed by atoms with Crippen LogP contribution in [0.15, 0.2) is 0 Å². The van der Waals surface area contributed by atoms with E-state index in [0.717, 1.165) is 0 Å². The molecule has 24 heteroatoms. The van der Waals surface area contributed by atoms with Crippen LogP contribution >= 0.6 is 0 Å². The Labute approximate surface area is 179 Å². The molecule has 0 aliphatic heterocycles. The maximum atomic E-state index is 13.3. The van der Waals surface area contributed by atoms with Gasteiger partial charge >= 0.3 is 65.4 Å². The summed E-state index contributed by atoms with van der Waals surface area (Å²) in [6, 6.07) is 0. The van der Waals surface area contributed by atoms with Crippen LogP contribution in [0.1, 0.15) is 0 Å². The highest BCUT2D eigenvalue weighted by Crippen LogP contribution is 2.67. The quantitative estimate of drug-likeness (QED) is 0.223. The molecular weight excluding hydrogens is 600 g/mol. The molecule has 217 valence electrons. The first kappa shape index (κ1) is 34.3. The fourth-order valence-electron chi connectivity index (χ4n) is 1.84. The van der Waals surface area contributed by atoms with Crippen LogP contribution in [0.3, 0.4) is 0 Å². The van der Waals surface area contributed by atoms with Crippen LogP contribution in [0.4, 0.5) is 105 Å². The summed E-state index contributed by atoms with van der Waals surface area (Å²) in [5.74, 6) is -88.9. The summed E-state index contributed by atoms with van der Waals surface area (Å²) in [4.78, 5) is 0. The van der Waals surface area contributed by atoms with Crippen LogP contribution in [0.25, 0.3) is 0 Å². The molecule has 0 aliphatic rings. The van der Waals surface area contributed by atoms with Gasteiger partial charge in [-0.05, 0) is 0 Å². The van der Waals surface area contributed by atoms with Gasteiger partial charge in [0.05, 0.1) is 0 Å². The number of hydrogen-bond acceptors (Lipinski definition) is 0. The van der Waals surface area contributed by atoms with Gasteiger partial charge in [-0.3, -0.25) is 0 Å². The summed E-state index contributed by atoms with van der Waals surface area (Å²) in [5.41, 5.74) is 0. The molecule has 0 amide bonds. The lowest BCUT2D eigenvalue weighted by Gasteiger charge is -2.45. The molecule has 0 aromatic carbocycles. The maximum Gasteiger partial charge on any atom is 0.460 e. The van der Waals surface area contributed by atoms with Gasteiger partial charge in [-0.15, -0.1) is 0 Å². The molecule has 0 nitrogen and oxygen atoms in total. The highest BCUT2D eigenvalue weighted by Gasteiger charge is 2.98. The van der Waals surface area contributed by atoms with E-state index in [9.17, 15) is 105 Å². The van der Waals surface area contributed by atoms with Crippen LogP contribution in [0, 0.1) is 6.67 Å². The van der Waals surface area contributed by atoms with Crippen LogP contribution in [-0.4, -0.2) is 65.4 Å². The Hall–Kier alpha value is -1.68. The first-order valence-corrected chi connectivity index (χ1v) is 7.35. The molecule has 0 aromatic heterocycles. The Morgan fingerprint density at radius 1 is 0.250 bits per heavy atom. The van der Waals surface area contributed by atoms with Gasteiger partial charge in [0.2, 0.25) is 6.67 Å². The third-order valence-corrected chi connectivity index (χ3v) is 4.07. The molecule has 0 rings (SSSR count). The summed E-state index contributed by atoms with van der Waals surface area (Å²) >= 11 is 0. The van der Waals surface area contributed by atoms with E-state index in [-0.39, 0.29) is 0 Å². The molecule has 0 spiro atoms. The highest BCUT2D eigenvalue weighted by molar-refractivity contribution is 5.19. The topological polar surface area (TPSA) is 0 Å². The van der Waals surface area contributed by atoms with E-state index >= 15 is 0 Å². The summed E-state index contributed by atoms with van der Waals surface area (Å²) in [6.07, 6.45) is -8.11. The molecule has 36 heavy (non-hydrogen) atoms. The van der Waals surface area contributed by atoms with Crippen molar-refractivity contribution in [2.45, 2.75) is 65.4 Å². The van der Waals surface area contributed by atoms with E-state index in [1.165, 1.54) is 0 Å². The van der Waals surface area contributed by atoms with Crippen molar-refractivity contribution in [3.63, 3.8) is 0 Å². The molecule has 0 atom stereocenters. The smallest absolute Gasteiger partial charge is 0.237 e. The standard InChI is InChI=1S/C12HF24/c13-1-2(14,15)3(16,17)4(18,19)5(20,21)6(22,23)7(24,25)8(26,27)9(28,29)10(30,31)11(32,33)12(34,35)36/h1H. The Bertz CT molecular complexity index is 796. The molecule has 0 heterocycles. The van der Waals surface area contributed by atoms with Crippen molar-refractivity contribution in [2.75, 3.05) is 0 Å². The predicted octanol–water partition coefficient (Wildman–Crippen LogP) is 8.03. The summed E-state index contributed by atoms with van der Waals surface area (Å²) in [5, 5.41) is 0. The van der Waals surface area contributed by atoms with E-state index < -0.39 is 72.1 Å². The first-order valence-electron chi connectivity index (χ1n) is 7.35. The maximum absolute atomic E-state index is 13.3. The minimum Gasteiger partial charge on any atom is -0.237 e. The van der Waals surface area contributed by atoms with Crippen molar-refractivity contribution < 1.29 is 105 Å². The number of alkyl halides is 23. The molecule has 0 N–H and O–H groups in total. The van der Waals surface area contributed by atoms with Crippen LogP contribution < -0.4 is 0 Å². The van der Waals surface area contributed by atoms with Gasteiger partial charge in [0, 0.05) is 0 Å². The van der Waals surface area contributed by atoms with E-state index in [0.29, 0.717) is 0 Å². The third-order valence-electron chi connectivity index (χ3n) is 4.07. The second-order valence-electron chi connectivity index (χ2n) is 6.40. The Kier molecular flexibility index (Phi) is 7.78. The molecule has 0 bridgehead atoms. The fraction of sp³-hybridized carbons (Fsp3) is 0.917. The van der Waals surface area contributed by atoms with E-state index in [4.69, 9.17) is 0 Å². The fourth-order valence-corrected chi connectivity index (χ4v) is 1.84. The molecule has 0 fully saturated rings. The van der Waals surface area contributed by atoms with Gasteiger partial charge in [-0.2, -0.15) is 101 Å². The van der Waals surface area contributed by atoms with Crippen LogP contribution in [-0.2, 0) is 0 Å². The summed E-state index contributed by atoms with van der Waals surface area (Å²) in [6.45, 7) is -2.96. The van der Waals surface area contributed by atoms with Gasteiger partial charge < -0.3 is 0 Å². The SMILES string of the molecule is F[CH]C(F)(F)C(F)(F)C(F)(F)C(F)(F)C(F)(F)C(F)(F)C(F)(F)C(F)(F)C(F)(F)C(F)(F)C(F)(F)F. The molecule has 1 radical (unpaired) electrons. The number of halogens is 24. The zero-order valence-electron chi connectivity index (χ0n) is 15.1. The summed E-state index contributed by atoms with van der Waals surface area (Å²) < 4.78 is 308. The third kappa shape index (κ3) is 3.80. The molecule has 0 unspecified atom stereocenters. The predicted molar refractivity (Wildman–Crippen MR) is 60.9 cm³/mol. The monoisotopic (exact) mass is 601 g/mol. The summed E-state index contributed by atoms with van der Waals surface area (Å²) in [7, 11) is 0. The van der Waals surface area contributed by atoms with Crippen LogP contribution in [0.2, 0.25) is 0 Å². The van der Waals surface area contributed by atoms with Crippen LogP contribution in [0.5, 0.6) is 0 Å². The normalized spacial score (nSPS) is 17.0. The van der Waals surface area contributed by atoms with Crippen molar-refractivity contribution in [2.24, 2.45) is 0 Å². The molecule has 0 aliphatic carbocycles. The lowest BCUT2D eigenvalue weighted by molar-refractivity contribution is -0.478. The average Bonchev–Trinajstić information content (AvgIpc) is 2.65. The van der Waals surface area contributed by atoms with Crippen molar-refractivity contribution in [3.8, 4) is 0 Å². The Morgan fingerprint density at radius 3 is 0.583 bits per heavy atom. The van der Waals surface area contributed by atoms with Gasteiger partial charge in [0.15, 0.2) is 0 Å². The van der Waals surface area contributed by atoms with Gasteiger partial charge in [0.1, 0.15) is 0 Å². The highest BCUT2D eigenvalue weighted by atomic mass is 19.4. The second kappa shape index (κ2) is 8.16. The van der Waals surface area contributed by atoms with E-state index in [1.54, 1.807) is 0 Å². The van der Waals surface area contributed by atoms with Gasteiger partial charge in [-0.1, -0.05) is 0 Å². The second-order valence-corrected chi connectivity index (χ2v) is 6.40. The lowest BCUT2D eigenvalue weighted by Crippen LogP contribution is -2.77. The molecular formula is C12HF24. The largest absolute Gasteiger partial charge is 0.460 e. The Morgan fingerprint density at radius 2 is 0.417 bits per heavy atom. The molecule has 0 aromatic rings. The van der Waals surface area contributed by atoms with E-state index in [1.807, 2.05) is 0 Å². The van der Waals surface area contributed by atoms with Gasteiger partial charge in [0.25, 0.3) is 0 Å². The van der Waals surface area contributed by atoms with Crippen molar-refractivity contribution in [1.29, 1.82) is 0 Å². The average molecular weight is 601 g/mol. The Balaban J connectivity index is 7.18. The molecule has 0 saturated heterocycles. The minimum atomic E-state index is -9.45. The lowest BCUT2D eigenvalue weighted by atomic mass is 9.85. The van der Waals surface area contributed by atoms with E-state index in [2.05, 4.69) is 0 Å². The van der Waals surface area contributed by atoms with Crippen molar-refractivity contribution >= 4 is 0 Å². The van der Waals surface area contributed by atoms with Crippen molar-refractivity contribution in [3.05, 3.63) is 6.67 Å². The minimum absolute atomic E-state index is 2.96.